The molecule has 0 spiro atoms. The summed E-state index contributed by atoms with van der Waals surface area (Å²) >= 11 is 0. The second kappa shape index (κ2) is 16.0. The van der Waals surface area contributed by atoms with E-state index in [0.29, 0.717) is 11.1 Å². The fourth-order valence-corrected chi connectivity index (χ4v) is 8.29. The molecule has 2 atom stereocenters. The topological polar surface area (TPSA) is 174 Å². The molecular formula is C38H37FN4O10S2. The predicted octanol–water partition coefficient (Wildman–Crippen LogP) is 4.17. The van der Waals surface area contributed by atoms with Gasteiger partial charge in [0.1, 0.15) is 17.4 Å². The number of ether oxygens (including phenoxy) is 2. The third-order valence-corrected chi connectivity index (χ3v) is 11.6. The lowest BCUT2D eigenvalue weighted by atomic mass is 9.97. The number of hydrogen-bond acceptors (Lipinski definition) is 11. The van der Waals surface area contributed by atoms with Crippen LogP contribution in [-0.4, -0.2) is 82.0 Å². The molecule has 4 aromatic carbocycles. The highest BCUT2D eigenvalue weighted by Crippen LogP contribution is 2.47. The van der Waals surface area contributed by atoms with Gasteiger partial charge in [0.05, 0.1) is 38.5 Å². The number of halogens is 1. The SMILES string of the molecule is COS(=O)(=O)N1CCOC(c2ccc(C(Oc3c4c(c(OS(=O)(=O)NCCO)c5cccnc35)CN(Cc3ccc(F)cc3)C4=O)c3ccccc3)cc2)C1. The molecule has 0 radical (unpaired) electrons. The summed E-state index contributed by atoms with van der Waals surface area (Å²) in [6.07, 6.45) is 0.117. The number of morpholine rings is 1. The summed E-state index contributed by atoms with van der Waals surface area (Å²) in [5.41, 5.74) is 3.22. The van der Waals surface area contributed by atoms with Crippen LogP contribution in [0.25, 0.3) is 10.9 Å². The van der Waals surface area contributed by atoms with Crippen LogP contribution in [0.15, 0.2) is 97.2 Å². The van der Waals surface area contributed by atoms with Crippen molar-refractivity contribution < 1.29 is 49.0 Å². The van der Waals surface area contributed by atoms with Gasteiger partial charge in [0.2, 0.25) is 0 Å². The van der Waals surface area contributed by atoms with Gasteiger partial charge in [0.25, 0.3) is 5.91 Å². The average molecular weight is 793 g/mol. The van der Waals surface area contributed by atoms with E-state index in [1.54, 1.807) is 24.3 Å². The molecule has 7 rings (SSSR count). The summed E-state index contributed by atoms with van der Waals surface area (Å²) in [6.45, 7) is -0.359. The minimum atomic E-state index is -4.46. The number of carbonyl (C=O) groups excluding carboxylic acids is 1. The number of aliphatic hydroxyl groups excluding tert-OH is 1. The number of aromatic nitrogens is 1. The van der Waals surface area contributed by atoms with Crippen molar-refractivity contribution in [3.63, 3.8) is 0 Å². The van der Waals surface area contributed by atoms with E-state index in [1.807, 2.05) is 54.6 Å². The smallest absolute Gasteiger partial charge is 0.382 e. The quantitative estimate of drug-likeness (QED) is 0.165. The predicted molar refractivity (Wildman–Crippen MR) is 198 cm³/mol. The summed E-state index contributed by atoms with van der Waals surface area (Å²) in [6, 6.07) is 25.5. The molecule has 1 saturated heterocycles. The first-order valence-electron chi connectivity index (χ1n) is 17.2. The molecular weight excluding hydrogens is 756 g/mol. The van der Waals surface area contributed by atoms with Crippen molar-refractivity contribution >= 4 is 37.4 Å². The minimum absolute atomic E-state index is 0.0493. The summed E-state index contributed by atoms with van der Waals surface area (Å²) in [4.78, 5) is 20.5. The molecule has 2 unspecified atom stereocenters. The molecule has 288 valence electrons. The fourth-order valence-electron chi connectivity index (χ4n) is 6.65. The standard InChI is InChI=1S/C38H37FN4O10S2/c1-50-55(48,49)43-19-21-51-32(24-43)26-11-13-28(14-12-26)35(27-6-3-2-4-7-27)52-37-33-31(23-42(38(33)45)22-25-9-15-29(39)16-10-25)36(30-8-5-17-40-34(30)37)53-54(46,47)41-18-20-44/h2-17,32,35,41,44H,18-24H2,1H3. The number of pyridine rings is 1. The molecule has 1 aromatic heterocycles. The van der Waals surface area contributed by atoms with Crippen molar-refractivity contribution in [3.8, 4) is 11.5 Å². The van der Waals surface area contributed by atoms with E-state index in [2.05, 4.69) is 9.71 Å². The molecule has 2 N–H and O–H groups in total. The second-order valence-electron chi connectivity index (χ2n) is 12.8. The van der Waals surface area contributed by atoms with Crippen molar-refractivity contribution in [2.45, 2.75) is 25.3 Å². The maximum atomic E-state index is 14.4. The molecule has 5 aromatic rings. The normalized spacial score (nSPS) is 17.0. The Kier molecular flexibility index (Phi) is 11.1. The van der Waals surface area contributed by atoms with E-state index in [9.17, 15) is 31.1 Å². The first-order valence-corrected chi connectivity index (χ1v) is 20.0. The van der Waals surface area contributed by atoms with Crippen LogP contribution >= 0.6 is 0 Å². The molecule has 0 bridgehead atoms. The van der Waals surface area contributed by atoms with Crippen molar-refractivity contribution in [2.75, 3.05) is 40.0 Å². The molecule has 2 aliphatic rings. The largest absolute Gasteiger partial charge is 0.478 e. The molecule has 1 fully saturated rings. The molecule has 2 aliphatic heterocycles. The minimum Gasteiger partial charge on any atom is -0.478 e. The maximum Gasteiger partial charge on any atom is 0.382 e. The van der Waals surface area contributed by atoms with Crippen molar-refractivity contribution in [1.29, 1.82) is 0 Å². The van der Waals surface area contributed by atoms with Gasteiger partial charge >= 0.3 is 20.6 Å². The van der Waals surface area contributed by atoms with Crippen LogP contribution in [-0.2, 0) is 42.6 Å². The Balaban J connectivity index is 1.32. The van der Waals surface area contributed by atoms with Gasteiger partial charge in [0, 0.05) is 43.3 Å². The van der Waals surface area contributed by atoms with Crippen LogP contribution in [0.3, 0.4) is 0 Å². The van der Waals surface area contributed by atoms with Crippen LogP contribution in [0.2, 0.25) is 0 Å². The van der Waals surface area contributed by atoms with Gasteiger partial charge in [-0.25, -0.2) is 4.39 Å². The number of aliphatic hydroxyl groups is 1. The number of carbonyl (C=O) groups is 1. The summed E-state index contributed by atoms with van der Waals surface area (Å²) < 4.78 is 91.2. The zero-order valence-electron chi connectivity index (χ0n) is 29.5. The number of nitrogens with zero attached hydrogens (tertiary/aromatic N) is 3. The highest BCUT2D eigenvalue weighted by atomic mass is 32.2. The van der Waals surface area contributed by atoms with Gasteiger partial charge in [-0.05, 0) is 46.5 Å². The summed E-state index contributed by atoms with van der Waals surface area (Å²) in [5, 5.41) is 9.53. The molecule has 0 aliphatic carbocycles. The monoisotopic (exact) mass is 792 g/mol. The van der Waals surface area contributed by atoms with Crippen LogP contribution in [0.1, 0.15) is 50.4 Å². The lowest BCUT2D eigenvalue weighted by Crippen LogP contribution is -2.42. The fraction of sp³-hybridized carbons (Fsp3) is 0.263. The van der Waals surface area contributed by atoms with Gasteiger partial charge < -0.3 is 23.7 Å². The van der Waals surface area contributed by atoms with E-state index in [-0.39, 0.29) is 72.9 Å². The van der Waals surface area contributed by atoms with Crippen molar-refractivity contribution in [3.05, 3.63) is 136 Å². The first kappa shape index (κ1) is 38.3. The molecule has 17 heteroatoms. The van der Waals surface area contributed by atoms with Gasteiger partial charge in [-0.2, -0.15) is 25.9 Å². The lowest BCUT2D eigenvalue weighted by Gasteiger charge is -2.31. The van der Waals surface area contributed by atoms with E-state index in [4.69, 9.17) is 17.8 Å². The zero-order chi connectivity index (χ0) is 38.7. The number of nitrogens with one attached hydrogen (secondary N) is 1. The number of amides is 1. The Hall–Kier alpha value is -5.01. The van der Waals surface area contributed by atoms with Gasteiger partial charge in [-0.1, -0.05) is 66.7 Å². The van der Waals surface area contributed by atoms with E-state index >= 15 is 0 Å². The Morgan fingerprint density at radius 3 is 2.40 bits per heavy atom. The second-order valence-corrected chi connectivity index (χ2v) is 15.8. The van der Waals surface area contributed by atoms with E-state index < -0.39 is 51.1 Å². The van der Waals surface area contributed by atoms with Crippen LogP contribution in [0.5, 0.6) is 11.5 Å². The third-order valence-electron chi connectivity index (χ3n) is 9.30. The van der Waals surface area contributed by atoms with E-state index in [1.165, 1.54) is 27.5 Å². The van der Waals surface area contributed by atoms with Crippen LogP contribution in [0.4, 0.5) is 4.39 Å². The Labute approximate surface area is 317 Å². The number of benzene rings is 4. The van der Waals surface area contributed by atoms with Gasteiger partial charge in [-0.3, -0.25) is 14.0 Å². The van der Waals surface area contributed by atoms with Gasteiger partial charge in [-0.15, -0.1) is 0 Å². The first-order chi connectivity index (χ1) is 26.5. The zero-order valence-corrected chi connectivity index (χ0v) is 31.1. The van der Waals surface area contributed by atoms with Crippen LogP contribution in [0, 0.1) is 5.82 Å². The molecule has 3 heterocycles. The molecule has 0 saturated carbocycles. The lowest BCUT2D eigenvalue weighted by molar-refractivity contribution is -0.00561. The number of fused-ring (bicyclic) bond motifs is 2. The Morgan fingerprint density at radius 2 is 1.69 bits per heavy atom. The average Bonchev–Trinajstić information content (AvgIpc) is 3.53. The van der Waals surface area contributed by atoms with Crippen molar-refractivity contribution in [2.24, 2.45) is 0 Å². The number of rotatable bonds is 14. The molecule has 14 nitrogen and oxygen atoms in total. The van der Waals surface area contributed by atoms with Crippen LogP contribution < -0.4 is 13.6 Å². The highest BCUT2D eigenvalue weighted by molar-refractivity contribution is 7.85. The Bertz CT molecular complexity index is 2400. The van der Waals surface area contributed by atoms with Gasteiger partial charge in [0.15, 0.2) is 11.5 Å². The maximum absolute atomic E-state index is 14.4. The number of hydrogen-bond donors (Lipinski definition) is 2. The molecule has 1 amide bonds. The highest BCUT2D eigenvalue weighted by Gasteiger charge is 2.39. The third kappa shape index (κ3) is 8.18. The summed E-state index contributed by atoms with van der Waals surface area (Å²) in [7, 11) is -7.25. The van der Waals surface area contributed by atoms with E-state index in [0.717, 1.165) is 18.2 Å². The Morgan fingerprint density at radius 1 is 0.964 bits per heavy atom. The molecule has 55 heavy (non-hydrogen) atoms. The summed E-state index contributed by atoms with van der Waals surface area (Å²) in [5.74, 6) is -0.946. The van der Waals surface area contributed by atoms with Crippen molar-refractivity contribution in [1.82, 2.24) is 18.9 Å².